The monoisotopic (exact) mass is 567 g/mol. The first kappa shape index (κ1) is 28.1. The Kier molecular flexibility index (Phi) is 8.40. The van der Waals surface area contributed by atoms with Gasteiger partial charge in [0.2, 0.25) is 5.91 Å². The number of nitrogens with zero attached hydrogens (tertiary/aromatic N) is 5. The molecule has 2 aromatic heterocycles. The summed E-state index contributed by atoms with van der Waals surface area (Å²) in [6.45, 7) is 4.71. The van der Waals surface area contributed by atoms with E-state index in [1.165, 1.54) is 17.7 Å². The molecule has 2 aliphatic rings. The molecule has 3 aromatic rings. The van der Waals surface area contributed by atoms with Gasteiger partial charge in [-0.3, -0.25) is 9.69 Å². The number of carbonyl (C=O) groups is 2. The Hall–Kier alpha value is -3.46. The van der Waals surface area contributed by atoms with Crippen LogP contribution in [0.3, 0.4) is 0 Å². The summed E-state index contributed by atoms with van der Waals surface area (Å²) in [4.78, 5) is 35.7. The summed E-state index contributed by atoms with van der Waals surface area (Å²) in [5, 5.41) is 1.28. The molecular formula is C30H38ClN5O4. The van der Waals surface area contributed by atoms with E-state index in [2.05, 4.69) is 11.9 Å². The van der Waals surface area contributed by atoms with Gasteiger partial charge in [0.1, 0.15) is 12.2 Å². The first-order chi connectivity index (χ1) is 19.3. The lowest BCUT2D eigenvalue weighted by Gasteiger charge is -2.36. The summed E-state index contributed by atoms with van der Waals surface area (Å²) in [5.41, 5.74) is 2.31. The fraction of sp³-hybridized carbons (Fsp3) is 0.500. The molecule has 0 unspecified atom stereocenters. The minimum atomic E-state index is -0.0756. The minimum absolute atomic E-state index is 0.0528. The smallest absolute Gasteiger partial charge is 0.324 e. The van der Waals surface area contributed by atoms with Gasteiger partial charge in [0.25, 0.3) is 0 Å². The van der Waals surface area contributed by atoms with Gasteiger partial charge in [0, 0.05) is 63.3 Å². The number of pyridine rings is 1. The van der Waals surface area contributed by atoms with Crippen molar-refractivity contribution in [2.24, 2.45) is 11.8 Å². The van der Waals surface area contributed by atoms with Gasteiger partial charge in [0.15, 0.2) is 11.5 Å². The van der Waals surface area contributed by atoms with Crippen molar-refractivity contribution < 1.29 is 19.1 Å². The fourth-order valence-electron chi connectivity index (χ4n) is 5.42. The Morgan fingerprint density at radius 2 is 2.00 bits per heavy atom. The maximum Gasteiger partial charge on any atom is 0.324 e. The number of ether oxygens (including phenoxy) is 2. The third kappa shape index (κ3) is 5.99. The Labute approximate surface area is 240 Å². The predicted molar refractivity (Wildman–Crippen MR) is 156 cm³/mol. The molecule has 1 saturated carbocycles. The quantitative estimate of drug-likeness (QED) is 0.289. The van der Waals surface area contributed by atoms with Gasteiger partial charge >= 0.3 is 6.03 Å². The normalized spacial score (nSPS) is 18.8. The number of likely N-dealkylation sites (N-methyl/N-ethyl adjacent to an activating group) is 1. The van der Waals surface area contributed by atoms with E-state index in [1.807, 2.05) is 29.2 Å². The van der Waals surface area contributed by atoms with Crippen LogP contribution in [-0.4, -0.2) is 72.2 Å². The Balaban J connectivity index is 1.31. The number of benzene rings is 1. The van der Waals surface area contributed by atoms with Gasteiger partial charge in [-0.25, -0.2) is 9.78 Å². The van der Waals surface area contributed by atoms with Gasteiger partial charge in [-0.2, -0.15) is 0 Å². The molecule has 5 rings (SSSR count). The van der Waals surface area contributed by atoms with E-state index in [0.29, 0.717) is 48.4 Å². The number of rotatable bonds is 11. The highest BCUT2D eigenvalue weighted by molar-refractivity contribution is 6.35. The molecule has 10 heteroatoms. The fourth-order valence-corrected chi connectivity index (χ4v) is 5.74. The van der Waals surface area contributed by atoms with Crippen molar-refractivity contribution in [3.05, 3.63) is 47.2 Å². The molecule has 1 aliphatic carbocycles. The van der Waals surface area contributed by atoms with Crippen LogP contribution in [0.2, 0.25) is 5.02 Å². The Morgan fingerprint density at radius 3 is 2.73 bits per heavy atom. The lowest BCUT2D eigenvalue weighted by Crippen LogP contribution is -2.49. The van der Waals surface area contributed by atoms with Crippen molar-refractivity contribution in [1.29, 1.82) is 0 Å². The number of halogens is 1. The molecule has 0 N–H and O–H groups in total. The van der Waals surface area contributed by atoms with E-state index < -0.39 is 0 Å². The summed E-state index contributed by atoms with van der Waals surface area (Å²) < 4.78 is 13.4. The highest BCUT2D eigenvalue weighted by atomic mass is 35.5. The maximum absolute atomic E-state index is 13.7. The molecule has 214 valence electrons. The van der Waals surface area contributed by atoms with Crippen LogP contribution < -0.4 is 14.4 Å². The lowest BCUT2D eigenvalue weighted by atomic mass is 10.1. The Morgan fingerprint density at radius 1 is 1.20 bits per heavy atom. The maximum atomic E-state index is 13.7. The van der Waals surface area contributed by atoms with E-state index in [-0.39, 0.29) is 18.5 Å². The number of fused-ring (bicyclic) bond motifs is 1. The van der Waals surface area contributed by atoms with Crippen LogP contribution in [0.5, 0.6) is 11.5 Å². The number of methoxy groups -OCH3 is 1. The molecule has 0 spiro atoms. The molecule has 0 radical (unpaired) electrons. The lowest BCUT2D eigenvalue weighted by molar-refractivity contribution is -0.129. The topological polar surface area (TPSA) is 80.1 Å². The molecule has 2 atom stereocenters. The van der Waals surface area contributed by atoms with E-state index >= 15 is 0 Å². The van der Waals surface area contributed by atoms with Crippen LogP contribution in [0, 0.1) is 11.8 Å². The molecule has 0 bridgehead atoms. The number of carbonyl (C=O) groups excluding carboxylic acids is 2. The van der Waals surface area contributed by atoms with Crippen molar-refractivity contribution in [3.63, 3.8) is 0 Å². The number of aromatic nitrogens is 2. The number of hydrogen-bond donors (Lipinski definition) is 0. The number of anilines is 1. The van der Waals surface area contributed by atoms with Crippen molar-refractivity contribution in [3.8, 4) is 11.5 Å². The number of urea groups is 1. The molecule has 3 heterocycles. The number of amides is 3. The molecule has 40 heavy (non-hydrogen) atoms. The molecule has 9 nitrogen and oxygen atoms in total. The highest BCUT2D eigenvalue weighted by Crippen LogP contribution is 2.41. The van der Waals surface area contributed by atoms with Gasteiger partial charge in [-0.15, -0.1) is 0 Å². The van der Waals surface area contributed by atoms with Crippen LogP contribution in [0.1, 0.15) is 38.2 Å². The van der Waals surface area contributed by atoms with E-state index in [4.69, 9.17) is 21.1 Å². The van der Waals surface area contributed by atoms with Crippen LogP contribution in [0.15, 0.2) is 36.7 Å². The molecule has 1 aliphatic heterocycles. The molecule has 3 amide bonds. The van der Waals surface area contributed by atoms with E-state index in [9.17, 15) is 9.59 Å². The summed E-state index contributed by atoms with van der Waals surface area (Å²) in [5.74, 6) is 2.95. The van der Waals surface area contributed by atoms with Gasteiger partial charge < -0.3 is 23.8 Å². The van der Waals surface area contributed by atoms with E-state index in [0.717, 1.165) is 41.3 Å². The van der Waals surface area contributed by atoms with Crippen LogP contribution in [0.4, 0.5) is 10.5 Å². The zero-order valence-electron chi connectivity index (χ0n) is 23.7. The van der Waals surface area contributed by atoms with Gasteiger partial charge in [-0.05, 0) is 61.3 Å². The summed E-state index contributed by atoms with van der Waals surface area (Å²) in [7, 11) is 5.07. The number of hydrogen-bond acceptors (Lipinski definition) is 5. The highest BCUT2D eigenvalue weighted by Gasteiger charge is 2.31. The third-order valence-electron chi connectivity index (χ3n) is 7.99. The van der Waals surface area contributed by atoms with Crippen molar-refractivity contribution in [2.45, 2.75) is 45.7 Å². The minimum Gasteiger partial charge on any atom is -0.493 e. The second-order valence-electron chi connectivity index (χ2n) is 11.1. The molecule has 1 saturated heterocycles. The van der Waals surface area contributed by atoms with E-state index in [1.54, 1.807) is 43.1 Å². The SMILES string of the molecule is COc1ccc(N2CCCN(Cc3ccnc4c3c(Cl)cn4CC(=O)N(C)C)C2=O)cc1OCCC[C@H]1C[C@@H]1C. The van der Waals surface area contributed by atoms with Crippen LogP contribution in [-0.2, 0) is 17.9 Å². The summed E-state index contributed by atoms with van der Waals surface area (Å²) >= 11 is 6.63. The second-order valence-corrected chi connectivity index (χ2v) is 11.5. The largest absolute Gasteiger partial charge is 0.493 e. The second kappa shape index (κ2) is 12.0. The van der Waals surface area contributed by atoms with Crippen molar-refractivity contribution >= 4 is 40.3 Å². The van der Waals surface area contributed by atoms with Gasteiger partial charge in [0.05, 0.1) is 18.7 Å². The molecule has 2 fully saturated rings. The first-order valence-corrected chi connectivity index (χ1v) is 14.3. The van der Waals surface area contributed by atoms with Gasteiger partial charge in [-0.1, -0.05) is 18.5 Å². The van der Waals surface area contributed by atoms with Crippen LogP contribution >= 0.6 is 11.6 Å². The zero-order valence-corrected chi connectivity index (χ0v) is 24.5. The average molecular weight is 568 g/mol. The van der Waals surface area contributed by atoms with Crippen LogP contribution in [0.25, 0.3) is 11.0 Å². The standard InChI is InChI=1S/C30H38ClN5O4/c1-20-15-21(20)7-5-14-40-26-16-23(8-9-25(26)39-4)36-13-6-12-34(30(36)38)17-22-10-11-32-29-28(22)24(31)18-35(29)19-27(37)33(2)3/h8-11,16,18,20-21H,5-7,12-15,17,19H2,1-4H3/t20-,21-/m0/s1. The average Bonchev–Trinajstić information content (AvgIpc) is 3.56. The zero-order chi connectivity index (χ0) is 28.4. The molecule has 1 aromatic carbocycles. The molecular weight excluding hydrogens is 530 g/mol. The Bertz CT molecular complexity index is 1390. The third-order valence-corrected chi connectivity index (χ3v) is 8.27. The first-order valence-electron chi connectivity index (χ1n) is 14.0. The summed E-state index contributed by atoms with van der Waals surface area (Å²) in [6, 6.07) is 7.49. The summed E-state index contributed by atoms with van der Waals surface area (Å²) in [6.07, 6.45) is 7.78. The predicted octanol–water partition coefficient (Wildman–Crippen LogP) is 5.43. The van der Waals surface area contributed by atoms with Crippen molar-refractivity contribution in [1.82, 2.24) is 19.4 Å². The van der Waals surface area contributed by atoms with Crippen molar-refractivity contribution in [2.75, 3.05) is 45.8 Å².